The van der Waals surface area contributed by atoms with Gasteiger partial charge in [-0.2, -0.15) is 0 Å². The first-order chi connectivity index (χ1) is 8.65. The quantitative estimate of drug-likeness (QED) is 0.336. The maximum atomic E-state index is 9.43. The number of nitrogens with one attached hydrogen (secondary N) is 2. The van der Waals surface area contributed by atoms with E-state index in [1.54, 1.807) is 7.05 Å². The van der Waals surface area contributed by atoms with Gasteiger partial charge >= 0.3 is 0 Å². The van der Waals surface area contributed by atoms with Gasteiger partial charge in [-0.15, -0.1) is 0 Å². The zero-order valence-corrected chi connectivity index (χ0v) is 11.3. The summed E-state index contributed by atoms with van der Waals surface area (Å²) < 4.78 is 5.77. The Balaban J connectivity index is 2.61. The van der Waals surface area contributed by atoms with Crippen molar-refractivity contribution in [2.24, 2.45) is 5.92 Å². The second-order valence-electron chi connectivity index (χ2n) is 4.88. The van der Waals surface area contributed by atoms with Crippen molar-refractivity contribution < 1.29 is 14.9 Å². The molecule has 0 aromatic heterocycles. The molecule has 0 aromatic carbocycles. The number of rotatable bonds is 4. The number of aliphatic hydroxyl groups excluding tert-OH is 1. The highest BCUT2D eigenvalue weighted by atomic mass is 16.5. The SMILES string of the molecule is CNNC(C(O)O)C1CCC/C=C\CC(C)OC1. The van der Waals surface area contributed by atoms with Gasteiger partial charge in [0.05, 0.1) is 18.8 Å². The van der Waals surface area contributed by atoms with Gasteiger partial charge < -0.3 is 14.9 Å². The van der Waals surface area contributed by atoms with E-state index in [9.17, 15) is 10.2 Å². The molecular formula is C13H26N2O3. The van der Waals surface area contributed by atoms with E-state index in [1.165, 1.54) is 0 Å². The highest BCUT2D eigenvalue weighted by molar-refractivity contribution is 4.86. The van der Waals surface area contributed by atoms with E-state index in [-0.39, 0.29) is 12.0 Å². The highest BCUT2D eigenvalue weighted by Gasteiger charge is 2.27. The lowest BCUT2D eigenvalue weighted by molar-refractivity contribution is -0.0973. The third kappa shape index (κ3) is 5.46. The van der Waals surface area contributed by atoms with E-state index < -0.39 is 12.3 Å². The molecule has 1 heterocycles. The molecule has 3 atom stereocenters. The van der Waals surface area contributed by atoms with Gasteiger partial charge in [-0.25, -0.2) is 5.43 Å². The Bertz CT molecular complexity index is 246. The van der Waals surface area contributed by atoms with E-state index in [1.807, 2.05) is 6.92 Å². The number of ether oxygens (including phenoxy) is 1. The number of hydrazine groups is 1. The van der Waals surface area contributed by atoms with Crippen molar-refractivity contribution in [3.05, 3.63) is 12.2 Å². The van der Waals surface area contributed by atoms with Gasteiger partial charge in [-0.05, 0) is 39.7 Å². The molecule has 1 rings (SSSR count). The molecule has 3 unspecified atom stereocenters. The largest absolute Gasteiger partial charge is 0.378 e. The topological polar surface area (TPSA) is 73.8 Å². The van der Waals surface area contributed by atoms with Crippen molar-refractivity contribution in [3.63, 3.8) is 0 Å². The number of aliphatic hydroxyl groups is 2. The van der Waals surface area contributed by atoms with E-state index in [0.717, 1.165) is 25.7 Å². The fourth-order valence-electron chi connectivity index (χ4n) is 2.23. The molecule has 0 saturated heterocycles. The van der Waals surface area contributed by atoms with Crippen LogP contribution in [0.3, 0.4) is 0 Å². The number of hydrogen-bond acceptors (Lipinski definition) is 5. The van der Waals surface area contributed by atoms with E-state index in [2.05, 4.69) is 23.0 Å². The molecule has 5 nitrogen and oxygen atoms in total. The smallest absolute Gasteiger partial charge is 0.168 e. The zero-order valence-electron chi connectivity index (χ0n) is 11.3. The van der Waals surface area contributed by atoms with E-state index in [0.29, 0.717) is 6.61 Å². The minimum atomic E-state index is -1.39. The van der Waals surface area contributed by atoms with Gasteiger partial charge in [0.1, 0.15) is 0 Å². The summed E-state index contributed by atoms with van der Waals surface area (Å²) in [5.41, 5.74) is 5.68. The van der Waals surface area contributed by atoms with Crippen molar-refractivity contribution in [3.8, 4) is 0 Å². The summed E-state index contributed by atoms with van der Waals surface area (Å²) in [4.78, 5) is 0. The maximum Gasteiger partial charge on any atom is 0.168 e. The third-order valence-corrected chi connectivity index (χ3v) is 3.32. The van der Waals surface area contributed by atoms with Crippen molar-refractivity contribution in [2.75, 3.05) is 13.7 Å². The zero-order chi connectivity index (χ0) is 13.4. The van der Waals surface area contributed by atoms with Crippen LogP contribution in [-0.2, 0) is 4.74 Å². The van der Waals surface area contributed by atoms with Gasteiger partial charge in [0.25, 0.3) is 0 Å². The first kappa shape index (κ1) is 15.6. The minimum absolute atomic E-state index is 0.0893. The Kier molecular flexibility index (Phi) is 7.46. The van der Waals surface area contributed by atoms with E-state index >= 15 is 0 Å². The average molecular weight is 258 g/mol. The fourth-order valence-corrected chi connectivity index (χ4v) is 2.23. The van der Waals surface area contributed by atoms with Gasteiger partial charge in [-0.1, -0.05) is 12.2 Å². The number of allylic oxidation sites excluding steroid dienone is 1. The first-order valence-corrected chi connectivity index (χ1v) is 6.70. The maximum absolute atomic E-state index is 9.43. The molecular weight excluding hydrogens is 232 g/mol. The molecule has 1 aliphatic rings. The van der Waals surface area contributed by atoms with Gasteiger partial charge in [-0.3, -0.25) is 5.43 Å². The molecule has 1 aliphatic heterocycles. The van der Waals surface area contributed by atoms with Crippen molar-refractivity contribution in [1.82, 2.24) is 10.9 Å². The Morgan fingerprint density at radius 3 is 2.78 bits per heavy atom. The summed E-state index contributed by atoms with van der Waals surface area (Å²) in [6.45, 7) is 2.59. The fraction of sp³-hybridized carbons (Fsp3) is 0.846. The highest BCUT2D eigenvalue weighted by Crippen LogP contribution is 2.18. The minimum Gasteiger partial charge on any atom is -0.378 e. The van der Waals surface area contributed by atoms with Crippen molar-refractivity contribution in [1.29, 1.82) is 0 Å². The predicted molar refractivity (Wildman–Crippen MR) is 70.7 cm³/mol. The van der Waals surface area contributed by atoms with Crippen LogP contribution in [0.25, 0.3) is 0 Å². The molecule has 0 aliphatic carbocycles. The third-order valence-electron chi connectivity index (χ3n) is 3.32. The monoisotopic (exact) mass is 258 g/mol. The standard InChI is InChI=1S/C13H26N2O3/c1-10-7-5-3-4-6-8-11(9-18-10)12(13(16)17)15-14-2/h3,5,10-17H,4,6-9H2,1-2H3/b5-3-. The van der Waals surface area contributed by atoms with Crippen LogP contribution >= 0.6 is 0 Å². The molecule has 5 heteroatoms. The normalized spacial score (nSPS) is 30.1. The van der Waals surface area contributed by atoms with Crippen LogP contribution in [-0.4, -0.2) is 42.3 Å². The molecule has 18 heavy (non-hydrogen) atoms. The van der Waals surface area contributed by atoms with Crippen LogP contribution in [0.15, 0.2) is 12.2 Å². The summed E-state index contributed by atoms with van der Waals surface area (Å²) in [6, 6.07) is -0.411. The van der Waals surface area contributed by atoms with Crippen LogP contribution in [0.2, 0.25) is 0 Å². The Hall–Kier alpha value is -0.460. The second-order valence-corrected chi connectivity index (χ2v) is 4.88. The lowest BCUT2D eigenvalue weighted by Crippen LogP contribution is -2.51. The summed E-state index contributed by atoms with van der Waals surface area (Å²) in [6.07, 6.45) is 7.03. The number of hydrogen-bond donors (Lipinski definition) is 4. The average Bonchev–Trinajstić information content (AvgIpc) is 2.34. The Labute approximate surface area is 109 Å². The Morgan fingerprint density at radius 1 is 1.33 bits per heavy atom. The second kappa shape index (κ2) is 8.61. The molecule has 106 valence electrons. The summed E-state index contributed by atoms with van der Waals surface area (Å²) in [7, 11) is 1.72. The van der Waals surface area contributed by atoms with Gasteiger partial charge in [0, 0.05) is 5.92 Å². The molecule has 0 aromatic rings. The van der Waals surface area contributed by atoms with Gasteiger partial charge in [0.2, 0.25) is 0 Å². The van der Waals surface area contributed by atoms with Crippen molar-refractivity contribution >= 4 is 0 Å². The lowest BCUT2D eigenvalue weighted by Gasteiger charge is -2.30. The summed E-state index contributed by atoms with van der Waals surface area (Å²) >= 11 is 0. The molecule has 4 N–H and O–H groups in total. The molecule has 0 fully saturated rings. The lowest BCUT2D eigenvalue weighted by atomic mass is 9.93. The Morgan fingerprint density at radius 2 is 2.11 bits per heavy atom. The molecule has 0 bridgehead atoms. The van der Waals surface area contributed by atoms with Crippen LogP contribution < -0.4 is 10.9 Å². The molecule has 0 saturated carbocycles. The molecule has 0 amide bonds. The van der Waals surface area contributed by atoms with E-state index in [4.69, 9.17) is 4.74 Å². The van der Waals surface area contributed by atoms with Crippen molar-refractivity contribution in [2.45, 2.75) is 51.0 Å². The van der Waals surface area contributed by atoms with Crippen LogP contribution in [0.4, 0.5) is 0 Å². The molecule has 0 radical (unpaired) electrons. The summed E-state index contributed by atoms with van der Waals surface area (Å²) in [5, 5.41) is 18.9. The molecule has 0 spiro atoms. The summed E-state index contributed by atoms with van der Waals surface area (Å²) in [5.74, 6) is 0.0893. The van der Waals surface area contributed by atoms with Crippen LogP contribution in [0, 0.1) is 5.92 Å². The van der Waals surface area contributed by atoms with Gasteiger partial charge in [0.15, 0.2) is 6.29 Å². The predicted octanol–water partition coefficient (Wildman–Crippen LogP) is 0.541. The van der Waals surface area contributed by atoms with Crippen LogP contribution in [0.5, 0.6) is 0 Å². The van der Waals surface area contributed by atoms with Crippen LogP contribution in [0.1, 0.15) is 32.6 Å². The first-order valence-electron chi connectivity index (χ1n) is 6.70.